The molecule has 0 aliphatic rings. The zero-order valence-electron chi connectivity index (χ0n) is 42.5. The van der Waals surface area contributed by atoms with Gasteiger partial charge in [-0.1, -0.05) is 236 Å². The summed E-state index contributed by atoms with van der Waals surface area (Å²) >= 11 is 0. The molecule has 3 N–H and O–H groups in total. The molecule has 0 saturated heterocycles. The van der Waals surface area contributed by atoms with Crippen LogP contribution in [0.25, 0.3) is 0 Å². The van der Waals surface area contributed by atoms with Gasteiger partial charge in [0.1, 0.15) is 0 Å². The smallest absolute Gasteiger partial charge is 0.305 e. The van der Waals surface area contributed by atoms with E-state index >= 15 is 0 Å². The van der Waals surface area contributed by atoms with Gasteiger partial charge >= 0.3 is 5.97 Å². The lowest BCUT2D eigenvalue weighted by Crippen LogP contribution is -2.45. The zero-order valence-corrected chi connectivity index (χ0v) is 42.5. The van der Waals surface area contributed by atoms with E-state index in [4.69, 9.17) is 4.74 Å². The Bertz CT molecular complexity index is 1080. The Kier molecular flexibility index (Phi) is 51.6. The second-order valence-electron chi connectivity index (χ2n) is 18.9. The molecule has 0 aromatic carbocycles. The van der Waals surface area contributed by atoms with Crippen molar-refractivity contribution in [3.8, 4) is 0 Å². The Morgan fingerprint density at radius 2 is 0.797 bits per heavy atom. The summed E-state index contributed by atoms with van der Waals surface area (Å²) in [7, 11) is 0. The molecule has 0 spiro atoms. The third-order valence-electron chi connectivity index (χ3n) is 12.6. The molecule has 0 bridgehead atoms. The van der Waals surface area contributed by atoms with E-state index < -0.39 is 12.1 Å². The van der Waals surface area contributed by atoms with E-state index in [9.17, 15) is 19.8 Å². The number of aliphatic hydroxyl groups excluding tert-OH is 2. The van der Waals surface area contributed by atoms with Gasteiger partial charge in [-0.05, 0) is 83.5 Å². The van der Waals surface area contributed by atoms with Gasteiger partial charge in [0, 0.05) is 12.8 Å². The first kappa shape index (κ1) is 61.8. The highest BCUT2D eigenvalue weighted by Gasteiger charge is 2.18. The molecule has 0 fully saturated rings. The van der Waals surface area contributed by atoms with Gasteiger partial charge < -0.3 is 20.3 Å². The summed E-state index contributed by atoms with van der Waals surface area (Å²) in [6, 6.07) is -0.668. The molecule has 0 heterocycles. The van der Waals surface area contributed by atoms with E-state index in [1.54, 1.807) is 6.08 Å². The van der Waals surface area contributed by atoms with Crippen molar-refractivity contribution in [2.45, 2.75) is 296 Å². The highest BCUT2D eigenvalue weighted by atomic mass is 16.5. The number of unbranched alkanes of at least 4 members (excludes halogenated alkanes) is 34. The van der Waals surface area contributed by atoms with Gasteiger partial charge in [-0.3, -0.25) is 9.59 Å². The van der Waals surface area contributed by atoms with Crippen LogP contribution in [-0.4, -0.2) is 47.4 Å². The minimum atomic E-state index is -0.878. The summed E-state index contributed by atoms with van der Waals surface area (Å²) < 4.78 is 5.44. The summed E-state index contributed by atoms with van der Waals surface area (Å²) in [5.74, 6) is -0.174. The van der Waals surface area contributed by atoms with Crippen LogP contribution in [0.2, 0.25) is 0 Å². The third-order valence-corrected chi connectivity index (χ3v) is 12.6. The molecule has 0 saturated carbocycles. The maximum absolute atomic E-state index is 12.4. The average molecular weight is 898 g/mol. The fourth-order valence-electron chi connectivity index (χ4n) is 8.25. The third kappa shape index (κ3) is 49.3. The number of amides is 1. The molecule has 0 aliphatic heterocycles. The van der Waals surface area contributed by atoms with Crippen LogP contribution in [0.15, 0.2) is 48.6 Å². The molecular formula is C58H107NO5. The Labute approximate surface area is 397 Å². The average Bonchev–Trinajstić information content (AvgIpc) is 3.29. The van der Waals surface area contributed by atoms with Gasteiger partial charge in [0.05, 0.1) is 25.4 Å². The highest BCUT2D eigenvalue weighted by molar-refractivity contribution is 5.76. The summed E-state index contributed by atoms with van der Waals surface area (Å²) in [5, 5.41) is 23.1. The van der Waals surface area contributed by atoms with Gasteiger partial charge in [0.2, 0.25) is 5.91 Å². The molecule has 0 radical (unpaired) electrons. The van der Waals surface area contributed by atoms with Gasteiger partial charge in [-0.25, -0.2) is 0 Å². The number of hydrogen-bond donors (Lipinski definition) is 3. The van der Waals surface area contributed by atoms with Crippen LogP contribution < -0.4 is 5.32 Å². The molecule has 0 aromatic heterocycles. The van der Waals surface area contributed by atoms with E-state index in [1.807, 2.05) is 6.08 Å². The van der Waals surface area contributed by atoms with Gasteiger partial charge in [-0.2, -0.15) is 0 Å². The fourth-order valence-corrected chi connectivity index (χ4v) is 8.25. The molecule has 2 atom stereocenters. The standard InChI is InChI=1S/C58H107NO5/c1-3-5-7-9-11-13-15-17-19-21-22-23-24-26-27-29-31-34-38-42-46-50-56(61)55(54-60)59-57(62)51-47-43-39-35-33-37-41-45-49-53-64-58(63)52-48-44-40-36-32-30-28-25-20-18-16-14-12-10-8-6-4-2/h12,14,18,20,35,39,46,50,55-56,60-61H,3-11,13,15-17,19,21-34,36-38,40-45,47-49,51-54H2,1-2H3,(H,59,62)/b14-12-,20-18-,39-35-,50-46+. The molecule has 0 rings (SSSR count). The first-order chi connectivity index (χ1) is 31.5. The monoisotopic (exact) mass is 898 g/mol. The van der Waals surface area contributed by atoms with E-state index in [1.165, 1.54) is 180 Å². The Hall–Kier alpha value is -2.18. The number of allylic oxidation sites excluding steroid dienone is 7. The number of carbonyl (C=O) groups is 2. The van der Waals surface area contributed by atoms with Crippen molar-refractivity contribution in [1.29, 1.82) is 0 Å². The summed E-state index contributed by atoms with van der Waals surface area (Å²) in [4.78, 5) is 24.5. The highest BCUT2D eigenvalue weighted by Crippen LogP contribution is 2.16. The van der Waals surface area contributed by atoms with Crippen LogP contribution in [-0.2, 0) is 14.3 Å². The number of esters is 1. The summed E-state index contributed by atoms with van der Waals surface area (Å²) in [6.45, 7) is 4.79. The predicted molar refractivity (Wildman–Crippen MR) is 278 cm³/mol. The SMILES string of the molecule is CCCCC/C=C\C/C=C\CCCCCCCCCC(=O)OCCCCCC/C=C\CCCC(=O)NC(CO)C(O)/C=C/CCCCCCCCCCCCCCCCCCCCC. The second-order valence-corrected chi connectivity index (χ2v) is 18.9. The van der Waals surface area contributed by atoms with E-state index in [-0.39, 0.29) is 18.5 Å². The van der Waals surface area contributed by atoms with Crippen LogP contribution >= 0.6 is 0 Å². The molecule has 0 aliphatic carbocycles. The molecule has 374 valence electrons. The molecule has 2 unspecified atom stereocenters. The lowest BCUT2D eigenvalue weighted by Gasteiger charge is -2.19. The summed E-state index contributed by atoms with van der Waals surface area (Å²) in [6.07, 6.45) is 67.0. The van der Waals surface area contributed by atoms with E-state index in [0.29, 0.717) is 19.4 Å². The zero-order chi connectivity index (χ0) is 46.5. The number of aliphatic hydroxyl groups is 2. The van der Waals surface area contributed by atoms with Crippen molar-refractivity contribution in [1.82, 2.24) is 5.32 Å². The molecule has 0 aromatic rings. The van der Waals surface area contributed by atoms with Crippen LogP contribution in [0, 0.1) is 0 Å². The van der Waals surface area contributed by atoms with Crippen molar-refractivity contribution in [2.24, 2.45) is 0 Å². The number of carbonyl (C=O) groups excluding carboxylic acids is 2. The number of rotatable bonds is 51. The molecule has 1 amide bonds. The second kappa shape index (κ2) is 53.4. The van der Waals surface area contributed by atoms with Crippen LogP contribution in [0.4, 0.5) is 0 Å². The fraction of sp³-hybridized carbons (Fsp3) is 0.828. The predicted octanol–water partition coefficient (Wildman–Crippen LogP) is 17.0. The number of ether oxygens (including phenoxy) is 1. The van der Waals surface area contributed by atoms with Gasteiger partial charge in [0.15, 0.2) is 0 Å². The topological polar surface area (TPSA) is 95.9 Å². The minimum absolute atomic E-state index is 0.0459. The minimum Gasteiger partial charge on any atom is -0.466 e. The largest absolute Gasteiger partial charge is 0.466 e. The quantitative estimate of drug-likeness (QED) is 0.0321. The first-order valence-corrected chi connectivity index (χ1v) is 27.9. The Balaban J connectivity index is 3.57. The van der Waals surface area contributed by atoms with Crippen LogP contribution in [0.1, 0.15) is 284 Å². The van der Waals surface area contributed by atoms with Crippen molar-refractivity contribution >= 4 is 11.9 Å². The maximum Gasteiger partial charge on any atom is 0.305 e. The number of hydrogen-bond acceptors (Lipinski definition) is 5. The first-order valence-electron chi connectivity index (χ1n) is 27.9. The van der Waals surface area contributed by atoms with Crippen LogP contribution in [0.3, 0.4) is 0 Å². The van der Waals surface area contributed by atoms with E-state index in [2.05, 4.69) is 55.6 Å². The normalized spacial score (nSPS) is 13.0. The number of nitrogens with one attached hydrogen (secondary N) is 1. The van der Waals surface area contributed by atoms with Crippen LogP contribution in [0.5, 0.6) is 0 Å². The van der Waals surface area contributed by atoms with E-state index in [0.717, 1.165) is 77.0 Å². The molecule has 6 nitrogen and oxygen atoms in total. The van der Waals surface area contributed by atoms with Crippen molar-refractivity contribution in [3.05, 3.63) is 48.6 Å². The Morgan fingerprint density at radius 1 is 0.438 bits per heavy atom. The molecular weight excluding hydrogens is 791 g/mol. The van der Waals surface area contributed by atoms with Gasteiger partial charge in [-0.15, -0.1) is 0 Å². The van der Waals surface area contributed by atoms with Gasteiger partial charge in [0.25, 0.3) is 0 Å². The molecule has 64 heavy (non-hydrogen) atoms. The Morgan fingerprint density at radius 3 is 1.27 bits per heavy atom. The van der Waals surface area contributed by atoms with Crippen molar-refractivity contribution in [2.75, 3.05) is 13.2 Å². The van der Waals surface area contributed by atoms with Crippen molar-refractivity contribution < 1.29 is 24.5 Å². The lowest BCUT2D eigenvalue weighted by molar-refractivity contribution is -0.143. The lowest BCUT2D eigenvalue weighted by atomic mass is 10.0. The maximum atomic E-state index is 12.4. The molecule has 6 heteroatoms. The summed E-state index contributed by atoms with van der Waals surface area (Å²) in [5.41, 5.74) is 0. The van der Waals surface area contributed by atoms with Crippen molar-refractivity contribution in [3.63, 3.8) is 0 Å².